The molecule has 6 heteroatoms. The van der Waals surface area contributed by atoms with Crippen molar-refractivity contribution in [3.05, 3.63) is 38.9 Å². The summed E-state index contributed by atoms with van der Waals surface area (Å²) in [5, 5.41) is 13.8. The van der Waals surface area contributed by atoms with Crippen LogP contribution in [0.2, 0.25) is 5.02 Å². The highest BCUT2D eigenvalue weighted by molar-refractivity contribution is 6.34. The quantitative estimate of drug-likeness (QED) is 0.687. The first-order valence-electron chi connectivity index (χ1n) is 6.79. The normalized spacial score (nSPS) is 27.6. The Morgan fingerprint density at radius 3 is 2.70 bits per heavy atom. The van der Waals surface area contributed by atoms with Crippen LogP contribution in [0.25, 0.3) is 0 Å². The third kappa shape index (κ3) is 2.38. The van der Waals surface area contributed by atoms with Gasteiger partial charge in [-0.25, -0.2) is 0 Å². The molecule has 2 saturated carbocycles. The van der Waals surface area contributed by atoms with Crippen LogP contribution in [0, 0.1) is 22.0 Å². The van der Waals surface area contributed by atoms with Crippen LogP contribution < -0.4 is 5.32 Å². The molecule has 5 nitrogen and oxygen atoms in total. The number of non-ortho nitro benzene ring substituents is 1. The van der Waals surface area contributed by atoms with Gasteiger partial charge in [-0.05, 0) is 37.2 Å². The zero-order valence-electron chi connectivity index (χ0n) is 10.8. The summed E-state index contributed by atoms with van der Waals surface area (Å²) in [6.07, 6.45) is 4.71. The molecule has 0 unspecified atom stereocenters. The maximum Gasteiger partial charge on any atom is 0.270 e. The van der Waals surface area contributed by atoms with Gasteiger partial charge in [0.05, 0.1) is 15.5 Å². The minimum absolute atomic E-state index is 0.105. The van der Waals surface area contributed by atoms with Crippen molar-refractivity contribution in [1.29, 1.82) is 0 Å². The molecule has 2 aliphatic carbocycles. The Hall–Kier alpha value is -1.62. The molecular weight excluding hydrogens is 280 g/mol. The lowest BCUT2D eigenvalue weighted by Crippen LogP contribution is -2.38. The van der Waals surface area contributed by atoms with Gasteiger partial charge in [0.15, 0.2) is 0 Å². The molecule has 106 valence electrons. The van der Waals surface area contributed by atoms with E-state index in [0.717, 1.165) is 12.3 Å². The lowest BCUT2D eigenvalue weighted by Gasteiger charge is -2.23. The predicted molar refractivity (Wildman–Crippen MR) is 74.8 cm³/mol. The number of hydrogen-bond donors (Lipinski definition) is 1. The summed E-state index contributed by atoms with van der Waals surface area (Å²) < 4.78 is 0. The number of carbonyl (C=O) groups is 1. The summed E-state index contributed by atoms with van der Waals surface area (Å²) in [7, 11) is 0. The molecule has 2 fully saturated rings. The van der Waals surface area contributed by atoms with Crippen LogP contribution >= 0.6 is 11.6 Å². The Kier molecular flexibility index (Phi) is 3.38. The van der Waals surface area contributed by atoms with Gasteiger partial charge in [-0.2, -0.15) is 0 Å². The second kappa shape index (κ2) is 5.05. The van der Waals surface area contributed by atoms with E-state index in [-0.39, 0.29) is 22.7 Å². The second-order valence-corrected chi connectivity index (χ2v) is 6.08. The average Bonchev–Trinajstić information content (AvgIpc) is 3.00. The van der Waals surface area contributed by atoms with E-state index in [9.17, 15) is 14.9 Å². The van der Waals surface area contributed by atoms with E-state index < -0.39 is 4.92 Å². The fourth-order valence-corrected chi connectivity index (χ4v) is 3.73. The standard InChI is InChI=1S/C14H15ClN2O3/c15-12-7-10(17(19)20)3-4-11(12)14(18)16-13-6-8-1-2-9(13)5-8/h3-4,7-9,13H,1-2,5-6H2,(H,16,18)/t8-,9-,13-/m1/s1. The molecule has 0 aromatic heterocycles. The van der Waals surface area contributed by atoms with Crippen molar-refractivity contribution < 1.29 is 9.72 Å². The number of rotatable bonds is 3. The first-order chi connectivity index (χ1) is 9.54. The Balaban J connectivity index is 1.72. The van der Waals surface area contributed by atoms with Crippen molar-refractivity contribution in [3.63, 3.8) is 0 Å². The number of benzene rings is 1. The number of hydrogen-bond acceptors (Lipinski definition) is 3. The average molecular weight is 295 g/mol. The van der Waals surface area contributed by atoms with Crippen molar-refractivity contribution in [1.82, 2.24) is 5.32 Å². The van der Waals surface area contributed by atoms with Crippen molar-refractivity contribution in [2.24, 2.45) is 11.8 Å². The van der Waals surface area contributed by atoms with Crippen molar-refractivity contribution in [2.45, 2.75) is 31.7 Å². The lowest BCUT2D eigenvalue weighted by atomic mass is 9.95. The Morgan fingerprint density at radius 1 is 1.35 bits per heavy atom. The minimum Gasteiger partial charge on any atom is -0.349 e. The van der Waals surface area contributed by atoms with Gasteiger partial charge in [0, 0.05) is 18.2 Å². The summed E-state index contributed by atoms with van der Waals surface area (Å²) >= 11 is 5.97. The van der Waals surface area contributed by atoms with Gasteiger partial charge in [0.1, 0.15) is 0 Å². The maximum atomic E-state index is 12.2. The largest absolute Gasteiger partial charge is 0.349 e. The topological polar surface area (TPSA) is 72.2 Å². The van der Waals surface area contributed by atoms with Gasteiger partial charge in [-0.15, -0.1) is 0 Å². The molecule has 0 heterocycles. The van der Waals surface area contributed by atoms with E-state index in [0.29, 0.717) is 11.5 Å². The van der Waals surface area contributed by atoms with Crippen LogP contribution in [0.4, 0.5) is 5.69 Å². The number of carbonyl (C=O) groups excluding carboxylic acids is 1. The van der Waals surface area contributed by atoms with E-state index >= 15 is 0 Å². The molecule has 2 aliphatic rings. The molecule has 1 amide bonds. The second-order valence-electron chi connectivity index (χ2n) is 5.68. The Labute approximate surface area is 121 Å². The highest BCUT2D eigenvalue weighted by atomic mass is 35.5. The van der Waals surface area contributed by atoms with Gasteiger partial charge < -0.3 is 5.32 Å². The maximum absolute atomic E-state index is 12.2. The minimum atomic E-state index is -0.524. The van der Waals surface area contributed by atoms with Crippen LogP contribution in [0.3, 0.4) is 0 Å². The molecule has 0 spiro atoms. The van der Waals surface area contributed by atoms with Gasteiger partial charge in [0.2, 0.25) is 0 Å². The monoisotopic (exact) mass is 294 g/mol. The number of nitrogens with zero attached hydrogens (tertiary/aromatic N) is 1. The first kappa shape index (κ1) is 13.4. The van der Waals surface area contributed by atoms with Crippen molar-refractivity contribution in [3.8, 4) is 0 Å². The Bertz CT molecular complexity index is 576. The SMILES string of the molecule is O=C(N[C@@H]1C[C@@H]2CC[C@@H]1C2)c1ccc([N+](=O)[O-])cc1Cl. The predicted octanol–water partition coefficient (Wildman–Crippen LogP) is 3.17. The molecule has 1 aromatic carbocycles. The molecule has 3 atom stereocenters. The van der Waals surface area contributed by atoms with Gasteiger partial charge in [-0.1, -0.05) is 18.0 Å². The zero-order valence-corrected chi connectivity index (χ0v) is 11.6. The highest BCUT2D eigenvalue weighted by Crippen LogP contribution is 2.44. The number of nitrogens with one attached hydrogen (secondary N) is 1. The van der Waals surface area contributed by atoms with Gasteiger partial charge >= 0.3 is 0 Å². The number of amides is 1. The van der Waals surface area contributed by atoms with Crippen LogP contribution in [0.15, 0.2) is 18.2 Å². The number of fused-ring (bicyclic) bond motifs is 2. The van der Waals surface area contributed by atoms with Gasteiger partial charge in [0.25, 0.3) is 11.6 Å². The lowest BCUT2D eigenvalue weighted by molar-refractivity contribution is -0.384. The van der Waals surface area contributed by atoms with Crippen LogP contribution in [0.1, 0.15) is 36.0 Å². The fourth-order valence-electron chi connectivity index (χ4n) is 3.47. The molecule has 0 saturated heterocycles. The van der Waals surface area contributed by atoms with E-state index in [2.05, 4.69) is 5.32 Å². The smallest absolute Gasteiger partial charge is 0.270 e. The highest BCUT2D eigenvalue weighted by Gasteiger charge is 2.40. The molecule has 20 heavy (non-hydrogen) atoms. The van der Waals surface area contributed by atoms with Crippen molar-refractivity contribution >= 4 is 23.2 Å². The fraction of sp³-hybridized carbons (Fsp3) is 0.500. The third-order valence-corrected chi connectivity index (χ3v) is 4.78. The van der Waals surface area contributed by atoms with Crippen molar-refractivity contribution in [2.75, 3.05) is 0 Å². The molecule has 2 bridgehead atoms. The molecular formula is C14H15ClN2O3. The summed E-state index contributed by atoms with van der Waals surface area (Å²) in [5.41, 5.74) is 0.200. The van der Waals surface area contributed by atoms with E-state index in [1.54, 1.807) is 0 Å². The van der Waals surface area contributed by atoms with E-state index in [1.165, 1.54) is 37.5 Å². The molecule has 3 rings (SSSR count). The summed E-state index contributed by atoms with van der Waals surface area (Å²) in [5.74, 6) is 1.10. The summed E-state index contributed by atoms with van der Waals surface area (Å²) in [4.78, 5) is 22.3. The molecule has 1 aromatic rings. The van der Waals surface area contributed by atoms with E-state index in [1.807, 2.05) is 0 Å². The molecule has 0 aliphatic heterocycles. The van der Waals surface area contributed by atoms with Crippen LogP contribution in [0.5, 0.6) is 0 Å². The number of nitro groups is 1. The zero-order chi connectivity index (χ0) is 14.3. The molecule has 0 radical (unpaired) electrons. The molecule has 1 N–H and O–H groups in total. The first-order valence-corrected chi connectivity index (χ1v) is 7.17. The Morgan fingerprint density at radius 2 is 2.15 bits per heavy atom. The number of nitro benzene ring substituents is 1. The summed E-state index contributed by atoms with van der Waals surface area (Å²) in [6.45, 7) is 0. The van der Waals surface area contributed by atoms with Crippen LogP contribution in [-0.2, 0) is 0 Å². The van der Waals surface area contributed by atoms with Gasteiger partial charge in [-0.3, -0.25) is 14.9 Å². The third-order valence-electron chi connectivity index (χ3n) is 4.46. The number of halogens is 1. The van der Waals surface area contributed by atoms with E-state index in [4.69, 9.17) is 11.6 Å². The summed E-state index contributed by atoms with van der Waals surface area (Å²) in [6, 6.07) is 4.18. The van der Waals surface area contributed by atoms with Crippen LogP contribution in [-0.4, -0.2) is 16.9 Å².